The minimum Gasteiger partial charge on any atom is -0.443 e. The number of hydrogen-bond donors (Lipinski definition) is 1. The fourth-order valence-electron chi connectivity index (χ4n) is 1.63. The number of ether oxygens (including phenoxy) is 1. The molecule has 1 heterocycles. The quantitative estimate of drug-likeness (QED) is 0.709. The van der Waals surface area contributed by atoms with Crippen molar-refractivity contribution in [2.24, 2.45) is 0 Å². The Balaban J connectivity index is 2.53. The van der Waals surface area contributed by atoms with E-state index in [0.29, 0.717) is 0 Å². The third-order valence-electron chi connectivity index (χ3n) is 3.19. The van der Waals surface area contributed by atoms with Crippen LogP contribution in [0.5, 0.6) is 0 Å². The number of oxazole rings is 1. The van der Waals surface area contributed by atoms with Gasteiger partial charge in [-0.1, -0.05) is 13.8 Å². The highest BCUT2D eigenvalue weighted by molar-refractivity contribution is 5.05. The first-order valence-electron chi connectivity index (χ1n) is 6.37. The highest BCUT2D eigenvalue weighted by Crippen LogP contribution is 2.28. The van der Waals surface area contributed by atoms with Crippen LogP contribution in [0.15, 0.2) is 10.6 Å². The van der Waals surface area contributed by atoms with Crippen LogP contribution in [-0.4, -0.2) is 25.2 Å². The molecule has 0 bridgehead atoms. The van der Waals surface area contributed by atoms with Gasteiger partial charge >= 0.3 is 0 Å². The predicted octanol–water partition coefficient (Wildman–Crippen LogP) is 2.49. The summed E-state index contributed by atoms with van der Waals surface area (Å²) in [4.78, 5) is 4.30. The molecule has 17 heavy (non-hydrogen) atoms. The van der Waals surface area contributed by atoms with E-state index in [1.807, 2.05) is 6.92 Å². The maximum absolute atomic E-state index is 5.75. The first-order chi connectivity index (χ1) is 8.16. The fraction of sp³-hybridized carbons (Fsp3) is 0.769. The Labute approximate surface area is 104 Å². The summed E-state index contributed by atoms with van der Waals surface area (Å²) in [6.07, 6.45) is 4.57. The average Bonchev–Trinajstić information content (AvgIpc) is 2.83. The summed E-state index contributed by atoms with van der Waals surface area (Å²) < 4.78 is 11.2. The van der Waals surface area contributed by atoms with Gasteiger partial charge in [0.2, 0.25) is 0 Å². The zero-order chi connectivity index (χ0) is 12.7. The molecule has 0 aliphatic heterocycles. The normalized spacial score (nSPS) is 14.8. The molecule has 0 radical (unpaired) electrons. The van der Waals surface area contributed by atoms with Gasteiger partial charge in [-0.05, 0) is 32.9 Å². The smallest absolute Gasteiger partial charge is 0.194 e. The second kappa shape index (κ2) is 6.77. The molecular weight excluding hydrogens is 216 g/mol. The van der Waals surface area contributed by atoms with Crippen LogP contribution in [0.1, 0.15) is 45.3 Å². The van der Waals surface area contributed by atoms with Crippen molar-refractivity contribution < 1.29 is 9.15 Å². The van der Waals surface area contributed by atoms with E-state index in [1.165, 1.54) is 0 Å². The molecule has 1 aromatic heterocycles. The van der Waals surface area contributed by atoms with Gasteiger partial charge in [0.15, 0.2) is 11.7 Å². The van der Waals surface area contributed by atoms with Gasteiger partial charge in [-0.3, -0.25) is 0 Å². The van der Waals surface area contributed by atoms with Crippen molar-refractivity contribution in [3.05, 3.63) is 17.8 Å². The monoisotopic (exact) mass is 240 g/mol. The van der Waals surface area contributed by atoms with Crippen molar-refractivity contribution in [2.45, 2.75) is 45.6 Å². The zero-order valence-electron chi connectivity index (χ0n) is 11.4. The van der Waals surface area contributed by atoms with Crippen LogP contribution in [0, 0.1) is 0 Å². The van der Waals surface area contributed by atoms with Crippen molar-refractivity contribution >= 4 is 0 Å². The lowest BCUT2D eigenvalue weighted by Gasteiger charge is -2.23. The molecule has 1 rings (SSSR count). The molecule has 0 fully saturated rings. The van der Waals surface area contributed by atoms with E-state index < -0.39 is 0 Å². The average molecular weight is 240 g/mol. The van der Waals surface area contributed by atoms with Gasteiger partial charge in [0, 0.05) is 13.5 Å². The zero-order valence-corrected chi connectivity index (χ0v) is 11.4. The molecular formula is C13H24N2O2. The molecule has 1 atom stereocenters. The maximum Gasteiger partial charge on any atom is 0.194 e. The summed E-state index contributed by atoms with van der Waals surface area (Å²) in [5.41, 5.74) is -0.354. The Morgan fingerprint density at radius 2 is 2.24 bits per heavy atom. The van der Waals surface area contributed by atoms with E-state index >= 15 is 0 Å². The van der Waals surface area contributed by atoms with Gasteiger partial charge in [-0.25, -0.2) is 4.98 Å². The molecule has 0 saturated heterocycles. The first-order valence-corrected chi connectivity index (χ1v) is 6.37. The summed E-state index contributed by atoms with van der Waals surface area (Å²) >= 11 is 0. The largest absolute Gasteiger partial charge is 0.443 e. The van der Waals surface area contributed by atoms with Crippen molar-refractivity contribution in [2.75, 3.05) is 20.2 Å². The van der Waals surface area contributed by atoms with Crippen molar-refractivity contribution in [3.8, 4) is 0 Å². The second-order valence-electron chi connectivity index (χ2n) is 4.36. The van der Waals surface area contributed by atoms with Crippen LogP contribution in [-0.2, 0) is 16.8 Å². The van der Waals surface area contributed by atoms with Crippen molar-refractivity contribution in [3.63, 3.8) is 0 Å². The van der Waals surface area contributed by atoms with Crippen molar-refractivity contribution in [1.29, 1.82) is 0 Å². The fourth-order valence-corrected chi connectivity index (χ4v) is 1.63. The lowest BCUT2D eigenvalue weighted by atomic mass is 10.0. The molecule has 0 saturated carbocycles. The van der Waals surface area contributed by atoms with Crippen LogP contribution in [0.25, 0.3) is 0 Å². The van der Waals surface area contributed by atoms with Crippen molar-refractivity contribution in [1.82, 2.24) is 10.3 Å². The molecule has 1 N–H and O–H groups in total. The van der Waals surface area contributed by atoms with Gasteiger partial charge in [-0.15, -0.1) is 0 Å². The molecule has 0 spiro atoms. The number of aryl methyl sites for hydroxylation is 1. The molecule has 4 nitrogen and oxygen atoms in total. The molecule has 0 amide bonds. The topological polar surface area (TPSA) is 47.3 Å². The summed E-state index contributed by atoms with van der Waals surface area (Å²) in [5, 5.41) is 3.28. The molecule has 0 aliphatic carbocycles. The Bertz CT molecular complexity index is 319. The lowest BCUT2D eigenvalue weighted by Crippen LogP contribution is -2.22. The summed E-state index contributed by atoms with van der Waals surface area (Å²) in [5.74, 6) is 1.62. The Hall–Kier alpha value is -0.870. The lowest BCUT2D eigenvalue weighted by molar-refractivity contribution is -0.0197. The first kappa shape index (κ1) is 14.2. The standard InChI is InChI=1S/C13H24N2O2/c1-5-13(3,16-4)11-10-15-12(17-11)8-7-9-14-6-2/h10,14H,5-9H2,1-4H3. The van der Waals surface area contributed by atoms with Crippen LogP contribution in [0.4, 0.5) is 0 Å². The summed E-state index contributed by atoms with van der Waals surface area (Å²) in [6, 6.07) is 0. The van der Waals surface area contributed by atoms with Crippen LogP contribution in [0.3, 0.4) is 0 Å². The highest BCUT2D eigenvalue weighted by Gasteiger charge is 2.28. The maximum atomic E-state index is 5.75. The third-order valence-corrected chi connectivity index (χ3v) is 3.19. The van der Waals surface area contributed by atoms with E-state index in [9.17, 15) is 0 Å². The summed E-state index contributed by atoms with van der Waals surface area (Å²) in [7, 11) is 1.71. The molecule has 4 heteroatoms. The third kappa shape index (κ3) is 3.82. The molecule has 0 aromatic carbocycles. The summed E-state index contributed by atoms with van der Waals surface area (Å²) in [6.45, 7) is 8.22. The van der Waals surface area contributed by atoms with Gasteiger partial charge in [0.1, 0.15) is 5.60 Å². The second-order valence-corrected chi connectivity index (χ2v) is 4.36. The number of methoxy groups -OCH3 is 1. The SMILES string of the molecule is CCNCCCc1ncc(C(C)(CC)OC)o1. The number of aromatic nitrogens is 1. The van der Waals surface area contributed by atoms with Gasteiger partial charge in [-0.2, -0.15) is 0 Å². The van der Waals surface area contributed by atoms with E-state index in [-0.39, 0.29) is 5.60 Å². The van der Waals surface area contributed by atoms with Crippen LogP contribution >= 0.6 is 0 Å². The van der Waals surface area contributed by atoms with Gasteiger partial charge < -0.3 is 14.5 Å². The Morgan fingerprint density at radius 3 is 2.82 bits per heavy atom. The van der Waals surface area contributed by atoms with Crippen LogP contribution in [0.2, 0.25) is 0 Å². The minimum absolute atomic E-state index is 0.354. The molecule has 0 aliphatic rings. The molecule has 1 aromatic rings. The molecule has 1 unspecified atom stereocenters. The number of nitrogens with zero attached hydrogens (tertiary/aromatic N) is 1. The Morgan fingerprint density at radius 1 is 1.47 bits per heavy atom. The van der Waals surface area contributed by atoms with E-state index in [4.69, 9.17) is 9.15 Å². The number of hydrogen-bond acceptors (Lipinski definition) is 4. The number of nitrogens with one attached hydrogen (secondary N) is 1. The van der Waals surface area contributed by atoms with Gasteiger partial charge in [0.05, 0.1) is 6.20 Å². The predicted molar refractivity (Wildman–Crippen MR) is 68.0 cm³/mol. The molecule has 98 valence electrons. The number of rotatable bonds is 8. The van der Waals surface area contributed by atoms with Gasteiger partial charge in [0.25, 0.3) is 0 Å². The van der Waals surface area contributed by atoms with Crippen LogP contribution < -0.4 is 5.32 Å². The minimum atomic E-state index is -0.354. The highest BCUT2D eigenvalue weighted by atomic mass is 16.5. The van der Waals surface area contributed by atoms with E-state index in [2.05, 4.69) is 24.1 Å². The van der Waals surface area contributed by atoms with E-state index in [0.717, 1.165) is 44.0 Å². The Kier molecular flexibility index (Phi) is 5.65. The van der Waals surface area contributed by atoms with E-state index in [1.54, 1.807) is 13.3 Å².